The molecule has 0 aliphatic rings. The third-order valence-corrected chi connectivity index (χ3v) is 4.86. The summed E-state index contributed by atoms with van der Waals surface area (Å²) in [6, 6.07) is 13.0. The van der Waals surface area contributed by atoms with Crippen LogP contribution in [0.2, 0.25) is 0 Å². The van der Waals surface area contributed by atoms with E-state index in [0.717, 1.165) is 18.6 Å². The predicted octanol–water partition coefficient (Wildman–Crippen LogP) is 2.97. The zero-order valence-corrected chi connectivity index (χ0v) is 17.0. The number of ether oxygens (including phenoxy) is 1. The minimum Gasteiger partial charge on any atom is -0.471 e. The molecule has 0 fully saturated rings. The number of rotatable bonds is 9. The normalized spacial score (nSPS) is 12.9. The quantitative estimate of drug-likeness (QED) is 0.507. The summed E-state index contributed by atoms with van der Waals surface area (Å²) in [6.07, 6.45) is 3.50. The molecule has 0 saturated heterocycles. The zero-order valence-electron chi connectivity index (χ0n) is 16.2. The molecule has 0 spiro atoms. The molecule has 0 aliphatic carbocycles. The first-order chi connectivity index (χ1) is 14.5. The van der Waals surface area contributed by atoms with Gasteiger partial charge in [-0.1, -0.05) is 36.4 Å². The third-order valence-electron chi connectivity index (χ3n) is 4.60. The lowest BCUT2D eigenvalue weighted by Crippen LogP contribution is -2.35. The molecule has 0 aliphatic heterocycles. The van der Waals surface area contributed by atoms with Gasteiger partial charge in [0.1, 0.15) is 29.9 Å². The van der Waals surface area contributed by atoms with Crippen LogP contribution >= 0.6 is 12.2 Å². The van der Waals surface area contributed by atoms with Gasteiger partial charge in [-0.15, -0.1) is 0 Å². The van der Waals surface area contributed by atoms with E-state index in [4.69, 9.17) is 17.0 Å². The predicted molar refractivity (Wildman–Crippen MR) is 112 cm³/mol. The summed E-state index contributed by atoms with van der Waals surface area (Å²) in [5.41, 5.74) is -0.571. The standard InChI is InChI=1S/C21H22F2N4O2S/c22-17-6-7-18(19(23)12-17)21(28,13-27-15-24-14-26-27)9-11-29-20(30)25-10-8-16-4-2-1-3-5-16/h1-7,12,14-15,28H,8-11,13H2,(H,25,30)/t21-/m0/s1. The molecule has 0 unspecified atom stereocenters. The van der Waals surface area contributed by atoms with Crippen molar-refractivity contribution >= 4 is 17.4 Å². The van der Waals surface area contributed by atoms with Crippen LogP contribution in [-0.2, 0) is 23.3 Å². The third kappa shape index (κ3) is 6.04. The Morgan fingerprint density at radius 1 is 1.20 bits per heavy atom. The molecule has 0 radical (unpaired) electrons. The van der Waals surface area contributed by atoms with Gasteiger partial charge in [0, 0.05) is 24.6 Å². The Kier molecular flexibility index (Phi) is 7.42. The van der Waals surface area contributed by atoms with Crippen molar-refractivity contribution in [1.82, 2.24) is 20.1 Å². The van der Waals surface area contributed by atoms with E-state index in [0.29, 0.717) is 6.54 Å². The number of nitrogens with zero attached hydrogens (tertiary/aromatic N) is 3. The van der Waals surface area contributed by atoms with Crippen LogP contribution in [0.15, 0.2) is 61.2 Å². The molecule has 2 N–H and O–H groups in total. The van der Waals surface area contributed by atoms with Crippen LogP contribution in [0.1, 0.15) is 17.5 Å². The highest BCUT2D eigenvalue weighted by atomic mass is 32.1. The van der Waals surface area contributed by atoms with E-state index in [1.165, 1.54) is 29.0 Å². The zero-order chi connectivity index (χ0) is 21.4. The highest BCUT2D eigenvalue weighted by Gasteiger charge is 2.33. The molecule has 9 heteroatoms. The number of halogens is 2. The summed E-state index contributed by atoms with van der Waals surface area (Å²) in [7, 11) is 0. The van der Waals surface area contributed by atoms with E-state index < -0.39 is 17.2 Å². The van der Waals surface area contributed by atoms with E-state index in [1.54, 1.807) is 0 Å². The van der Waals surface area contributed by atoms with Crippen molar-refractivity contribution in [3.63, 3.8) is 0 Å². The number of hydrogen-bond donors (Lipinski definition) is 2. The first-order valence-corrected chi connectivity index (χ1v) is 9.82. The molecule has 1 aromatic heterocycles. The van der Waals surface area contributed by atoms with Gasteiger partial charge in [0.15, 0.2) is 0 Å². The fourth-order valence-corrected chi connectivity index (χ4v) is 3.25. The molecular formula is C21H22F2N4O2S. The maximum atomic E-state index is 14.4. The van der Waals surface area contributed by atoms with Gasteiger partial charge in [0.05, 0.1) is 13.2 Å². The molecule has 6 nitrogen and oxygen atoms in total. The Labute approximate surface area is 178 Å². The highest BCUT2D eigenvalue weighted by molar-refractivity contribution is 7.80. The molecule has 3 aromatic rings. The van der Waals surface area contributed by atoms with Crippen LogP contribution in [0.4, 0.5) is 8.78 Å². The van der Waals surface area contributed by atoms with Gasteiger partial charge >= 0.3 is 0 Å². The number of aromatic nitrogens is 3. The van der Waals surface area contributed by atoms with Crippen molar-refractivity contribution in [2.24, 2.45) is 0 Å². The molecule has 0 amide bonds. The summed E-state index contributed by atoms with van der Waals surface area (Å²) in [6.45, 7) is 0.547. The Morgan fingerprint density at radius 3 is 2.70 bits per heavy atom. The van der Waals surface area contributed by atoms with Crippen LogP contribution in [0.3, 0.4) is 0 Å². The Hall–Kier alpha value is -2.91. The van der Waals surface area contributed by atoms with Crippen LogP contribution in [0.25, 0.3) is 0 Å². The van der Waals surface area contributed by atoms with Crippen molar-refractivity contribution < 1.29 is 18.6 Å². The summed E-state index contributed by atoms with van der Waals surface area (Å²) < 4.78 is 34.5. The maximum absolute atomic E-state index is 14.4. The second kappa shape index (κ2) is 10.2. The highest BCUT2D eigenvalue weighted by Crippen LogP contribution is 2.29. The van der Waals surface area contributed by atoms with E-state index in [9.17, 15) is 13.9 Å². The lowest BCUT2D eigenvalue weighted by molar-refractivity contribution is -0.00921. The SMILES string of the molecule is O[C@@](CCOC(=S)NCCc1ccccc1)(Cn1cncn1)c1ccc(F)cc1F. The second-order valence-electron chi connectivity index (χ2n) is 6.80. The van der Waals surface area contributed by atoms with Gasteiger partial charge in [-0.25, -0.2) is 18.4 Å². The maximum Gasteiger partial charge on any atom is 0.256 e. The van der Waals surface area contributed by atoms with Crippen molar-refractivity contribution in [1.29, 1.82) is 0 Å². The van der Waals surface area contributed by atoms with Gasteiger partial charge < -0.3 is 15.2 Å². The molecule has 0 bridgehead atoms. The first-order valence-electron chi connectivity index (χ1n) is 9.41. The lowest BCUT2D eigenvalue weighted by atomic mass is 9.90. The summed E-state index contributed by atoms with van der Waals surface area (Å²) in [5, 5.41) is 18.3. The van der Waals surface area contributed by atoms with Gasteiger partial charge in [-0.3, -0.25) is 0 Å². The fraction of sp³-hybridized carbons (Fsp3) is 0.286. The smallest absolute Gasteiger partial charge is 0.256 e. The number of hydrogen-bond acceptors (Lipinski definition) is 5. The summed E-state index contributed by atoms with van der Waals surface area (Å²) in [5.74, 6) is -1.57. The Balaban J connectivity index is 1.57. The van der Waals surface area contributed by atoms with Crippen LogP contribution < -0.4 is 5.32 Å². The topological polar surface area (TPSA) is 72.2 Å². The largest absolute Gasteiger partial charge is 0.471 e. The molecule has 2 aromatic carbocycles. The molecule has 1 atom stereocenters. The number of aliphatic hydroxyl groups is 1. The van der Waals surface area contributed by atoms with E-state index >= 15 is 0 Å². The minimum atomic E-state index is -1.69. The Bertz CT molecular complexity index is 957. The first kappa shape index (κ1) is 21.8. The molecule has 1 heterocycles. The average molecular weight is 432 g/mol. The van der Waals surface area contributed by atoms with Gasteiger partial charge in [-0.05, 0) is 30.3 Å². The number of thiocarbonyl (C=S) groups is 1. The molecule has 0 saturated carbocycles. The van der Waals surface area contributed by atoms with Crippen LogP contribution in [-0.4, -0.2) is 38.2 Å². The van der Waals surface area contributed by atoms with Gasteiger partial charge in [0.25, 0.3) is 5.17 Å². The number of nitrogens with one attached hydrogen (secondary N) is 1. The molecule has 158 valence electrons. The molecule has 30 heavy (non-hydrogen) atoms. The van der Waals surface area contributed by atoms with E-state index in [2.05, 4.69) is 15.4 Å². The van der Waals surface area contributed by atoms with Gasteiger partial charge in [-0.2, -0.15) is 5.10 Å². The van der Waals surface area contributed by atoms with Crippen molar-refractivity contribution in [3.05, 3.63) is 83.9 Å². The van der Waals surface area contributed by atoms with Crippen LogP contribution in [0, 0.1) is 11.6 Å². The second-order valence-corrected chi connectivity index (χ2v) is 7.17. The number of benzene rings is 2. The summed E-state index contributed by atoms with van der Waals surface area (Å²) in [4.78, 5) is 3.83. The monoisotopic (exact) mass is 432 g/mol. The average Bonchev–Trinajstić information content (AvgIpc) is 3.21. The van der Waals surface area contributed by atoms with Crippen molar-refractivity contribution in [2.45, 2.75) is 25.0 Å². The Morgan fingerprint density at radius 2 is 2.00 bits per heavy atom. The summed E-state index contributed by atoms with van der Waals surface area (Å²) >= 11 is 5.17. The van der Waals surface area contributed by atoms with Crippen molar-refractivity contribution in [2.75, 3.05) is 13.2 Å². The van der Waals surface area contributed by atoms with E-state index in [1.807, 2.05) is 30.3 Å². The van der Waals surface area contributed by atoms with Crippen molar-refractivity contribution in [3.8, 4) is 0 Å². The van der Waals surface area contributed by atoms with Gasteiger partial charge in [0.2, 0.25) is 0 Å². The fourth-order valence-electron chi connectivity index (χ4n) is 3.07. The lowest BCUT2D eigenvalue weighted by Gasteiger charge is -2.29. The molecular weight excluding hydrogens is 410 g/mol. The van der Waals surface area contributed by atoms with Crippen LogP contribution in [0.5, 0.6) is 0 Å². The molecule has 3 rings (SSSR count). The minimum absolute atomic E-state index is 0.00984. The van der Waals surface area contributed by atoms with E-state index in [-0.39, 0.29) is 30.3 Å².